The Hall–Kier alpha value is -0.0800. The summed E-state index contributed by atoms with van der Waals surface area (Å²) in [5.41, 5.74) is 6.67. The van der Waals surface area contributed by atoms with Crippen molar-refractivity contribution < 1.29 is 4.74 Å². The van der Waals surface area contributed by atoms with E-state index in [2.05, 4.69) is 27.7 Å². The van der Waals surface area contributed by atoms with Gasteiger partial charge in [-0.2, -0.15) is 0 Å². The first-order valence-corrected chi connectivity index (χ1v) is 6.31. The Balaban J connectivity index is 2.36. The molecule has 2 nitrogen and oxygen atoms in total. The van der Waals surface area contributed by atoms with Gasteiger partial charge in [0.05, 0.1) is 6.10 Å². The summed E-state index contributed by atoms with van der Waals surface area (Å²) in [5.74, 6) is 0.595. The molecule has 3 unspecified atom stereocenters. The monoisotopic (exact) mass is 213 g/mol. The molecule has 0 spiro atoms. The quantitative estimate of drug-likeness (QED) is 0.779. The lowest BCUT2D eigenvalue weighted by Gasteiger charge is -2.26. The summed E-state index contributed by atoms with van der Waals surface area (Å²) >= 11 is 0. The molecule has 3 atom stereocenters. The fraction of sp³-hybridized carbons (Fsp3) is 1.00. The van der Waals surface area contributed by atoms with Gasteiger partial charge in [-0.1, -0.05) is 27.7 Å². The van der Waals surface area contributed by atoms with Crippen LogP contribution in [-0.2, 0) is 4.74 Å². The lowest BCUT2D eigenvalue weighted by Crippen LogP contribution is -2.35. The van der Waals surface area contributed by atoms with E-state index in [1.807, 2.05) is 0 Å². The molecular weight excluding hydrogens is 186 g/mol. The Morgan fingerprint density at radius 2 is 2.07 bits per heavy atom. The van der Waals surface area contributed by atoms with E-state index in [9.17, 15) is 0 Å². The molecule has 1 fully saturated rings. The van der Waals surface area contributed by atoms with Crippen LogP contribution in [-0.4, -0.2) is 18.8 Å². The second-order valence-electron chi connectivity index (χ2n) is 6.03. The van der Waals surface area contributed by atoms with Gasteiger partial charge in [-0.15, -0.1) is 0 Å². The molecule has 0 saturated carbocycles. The van der Waals surface area contributed by atoms with Gasteiger partial charge < -0.3 is 10.5 Å². The van der Waals surface area contributed by atoms with Gasteiger partial charge in [0.1, 0.15) is 0 Å². The van der Waals surface area contributed by atoms with E-state index in [-0.39, 0.29) is 0 Å². The Morgan fingerprint density at radius 1 is 1.40 bits per heavy atom. The Labute approximate surface area is 94.6 Å². The van der Waals surface area contributed by atoms with E-state index in [0.29, 0.717) is 23.5 Å². The highest BCUT2D eigenvalue weighted by Gasteiger charge is 2.31. The third-order valence-corrected chi connectivity index (χ3v) is 3.44. The second kappa shape index (κ2) is 5.31. The number of hydrogen-bond acceptors (Lipinski definition) is 2. The molecule has 1 saturated heterocycles. The van der Waals surface area contributed by atoms with Crippen molar-refractivity contribution in [1.29, 1.82) is 0 Å². The van der Waals surface area contributed by atoms with Gasteiger partial charge in [0, 0.05) is 18.6 Å². The van der Waals surface area contributed by atoms with Crippen LogP contribution in [0.2, 0.25) is 0 Å². The van der Waals surface area contributed by atoms with Gasteiger partial charge in [0.2, 0.25) is 0 Å². The second-order valence-corrected chi connectivity index (χ2v) is 6.03. The van der Waals surface area contributed by atoms with Crippen LogP contribution < -0.4 is 5.73 Å². The molecular formula is C13H27NO. The van der Waals surface area contributed by atoms with Gasteiger partial charge in [-0.05, 0) is 31.1 Å². The molecule has 0 aromatic carbocycles. The van der Waals surface area contributed by atoms with Gasteiger partial charge in [0.15, 0.2) is 0 Å². The molecule has 90 valence electrons. The maximum atomic E-state index is 6.27. The van der Waals surface area contributed by atoms with E-state index in [0.717, 1.165) is 25.9 Å². The first-order chi connectivity index (χ1) is 6.94. The highest BCUT2D eigenvalue weighted by atomic mass is 16.5. The van der Waals surface area contributed by atoms with Crippen LogP contribution >= 0.6 is 0 Å². The molecule has 0 aromatic heterocycles. The minimum absolute atomic E-state index is 0.330. The average Bonchev–Trinajstić information content (AvgIpc) is 2.60. The van der Waals surface area contributed by atoms with Gasteiger partial charge in [-0.3, -0.25) is 0 Å². The Kier molecular flexibility index (Phi) is 4.60. The van der Waals surface area contributed by atoms with Crippen molar-refractivity contribution in [1.82, 2.24) is 0 Å². The standard InChI is InChI=1S/C13H27NO/c1-5-12-10(7-9-15-12)11(14)6-8-13(2,3)4/h10-12H,5-9,14H2,1-4H3. The van der Waals surface area contributed by atoms with E-state index in [1.165, 1.54) is 6.42 Å². The smallest absolute Gasteiger partial charge is 0.0616 e. The summed E-state index contributed by atoms with van der Waals surface area (Å²) < 4.78 is 5.69. The molecule has 0 aliphatic carbocycles. The van der Waals surface area contributed by atoms with E-state index < -0.39 is 0 Å². The van der Waals surface area contributed by atoms with E-state index in [1.54, 1.807) is 0 Å². The topological polar surface area (TPSA) is 35.2 Å². The van der Waals surface area contributed by atoms with E-state index >= 15 is 0 Å². The lowest BCUT2D eigenvalue weighted by molar-refractivity contribution is 0.0794. The van der Waals surface area contributed by atoms with Crippen LogP contribution in [0, 0.1) is 11.3 Å². The minimum Gasteiger partial charge on any atom is -0.378 e. The maximum absolute atomic E-state index is 6.27. The molecule has 1 heterocycles. The van der Waals surface area contributed by atoms with Crippen LogP contribution in [0.3, 0.4) is 0 Å². The van der Waals surface area contributed by atoms with Crippen LogP contribution in [0.5, 0.6) is 0 Å². The average molecular weight is 213 g/mol. The molecule has 2 heteroatoms. The zero-order valence-corrected chi connectivity index (χ0v) is 10.8. The van der Waals surface area contributed by atoms with Crippen molar-refractivity contribution in [3.63, 3.8) is 0 Å². The van der Waals surface area contributed by atoms with E-state index in [4.69, 9.17) is 10.5 Å². The molecule has 0 aromatic rings. The molecule has 1 aliphatic heterocycles. The van der Waals surface area contributed by atoms with Crippen LogP contribution in [0.15, 0.2) is 0 Å². The van der Waals surface area contributed by atoms with Crippen molar-refractivity contribution in [2.45, 2.75) is 65.5 Å². The largest absolute Gasteiger partial charge is 0.378 e. The van der Waals surface area contributed by atoms with Gasteiger partial charge in [-0.25, -0.2) is 0 Å². The molecule has 2 N–H and O–H groups in total. The van der Waals surface area contributed by atoms with Crippen LogP contribution in [0.25, 0.3) is 0 Å². The zero-order chi connectivity index (χ0) is 11.5. The highest BCUT2D eigenvalue weighted by Crippen LogP contribution is 2.30. The Morgan fingerprint density at radius 3 is 2.60 bits per heavy atom. The molecule has 1 aliphatic rings. The van der Waals surface area contributed by atoms with Gasteiger partial charge >= 0.3 is 0 Å². The predicted octanol–water partition coefficient (Wildman–Crippen LogP) is 2.96. The third kappa shape index (κ3) is 4.12. The summed E-state index contributed by atoms with van der Waals surface area (Å²) in [6, 6.07) is 0.330. The number of rotatable bonds is 4. The molecule has 1 rings (SSSR count). The third-order valence-electron chi connectivity index (χ3n) is 3.44. The fourth-order valence-corrected chi connectivity index (χ4v) is 2.39. The van der Waals surface area contributed by atoms with Crippen molar-refractivity contribution in [3.05, 3.63) is 0 Å². The highest BCUT2D eigenvalue weighted by molar-refractivity contribution is 4.84. The molecule has 0 amide bonds. The van der Waals surface area contributed by atoms with Crippen molar-refractivity contribution in [2.24, 2.45) is 17.1 Å². The van der Waals surface area contributed by atoms with Crippen LogP contribution in [0.4, 0.5) is 0 Å². The predicted molar refractivity (Wildman–Crippen MR) is 64.8 cm³/mol. The molecule has 0 radical (unpaired) electrons. The SMILES string of the molecule is CCC1OCCC1C(N)CCC(C)(C)C. The molecule has 15 heavy (non-hydrogen) atoms. The van der Waals surface area contributed by atoms with Crippen molar-refractivity contribution in [3.8, 4) is 0 Å². The van der Waals surface area contributed by atoms with Crippen molar-refractivity contribution in [2.75, 3.05) is 6.61 Å². The maximum Gasteiger partial charge on any atom is 0.0616 e. The zero-order valence-electron chi connectivity index (χ0n) is 10.8. The Bertz CT molecular complexity index is 185. The normalized spacial score (nSPS) is 29.4. The summed E-state index contributed by atoms with van der Waals surface area (Å²) in [7, 11) is 0. The first-order valence-electron chi connectivity index (χ1n) is 6.31. The summed E-state index contributed by atoms with van der Waals surface area (Å²) in [6.07, 6.45) is 5.02. The summed E-state index contributed by atoms with van der Waals surface area (Å²) in [5, 5.41) is 0. The number of ether oxygens (including phenoxy) is 1. The number of hydrogen-bond donors (Lipinski definition) is 1. The summed E-state index contributed by atoms with van der Waals surface area (Å²) in [6.45, 7) is 9.94. The lowest BCUT2D eigenvalue weighted by atomic mass is 9.83. The molecule has 0 bridgehead atoms. The number of nitrogens with two attached hydrogens (primary N) is 1. The fourth-order valence-electron chi connectivity index (χ4n) is 2.39. The van der Waals surface area contributed by atoms with Crippen LogP contribution in [0.1, 0.15) is 53.4 Å². The summed E-state index contributed by atoms with van der Waals surface area (Å²) in [4.78, 5) is 0. The minimum atomic E-state index is 0.330. The van der Waals surface area contributed by atoms with Gasteiger partial charge in [0.25, 0.3) is 0 Å². The van der Waals surface area contributed by atoms with Crippen molar-refractivity contribution >= 4 is 0 Å². The first kappa shape index (κ1) is 13.0.